The molecular weight excluding hydrogens is 422 g/mol. The summed E-state index contributed by atoms with van der Waals surface area (Å²) in [7, 11) is 3.14. The Morgan fingerprint density at radius 3 is 2.33 bits per heavy atom. The van der Waals surface area contributed by atoms with Crippen molar-refractivity contribution in [1.29, 1.82) is 0 Å². The summed E-state index contributed by atoms with van der Waals surface area (Å²) in [6, 6.07) is 12.6. The molecule has 1 aromatic heterocycles. The van der Waals surface area contributed by atoms with Gasteiger partial charge in [0.2, 0.25) is 17.6 Å². The monoisotopic (exact) mass is 445 g/mol. The van der Waals surface area contributed by atoms with Crippen LogP contribution in [-0.4, -0.2) is 36.2 Å². The van der Waals surface area contributed by atoms with Gasteiger partial charge in [-0.1, -0.05) is 11.2 Å². The van der Waals surface area contributed by atoms with Crippen LogP contribution >= 0.6 is 0 Å². The molecule has 0 N–H and O–H groups in total. The number of nitrogens with zero attached hydrogens (tertiary/aromatic N) is 3. The van der Waals surface area contributed by atoms with Gasteiger partial charge >= 0.3 is 0 Å². The molecule has 8 nitrogen and oxygen atoms in total. The number of imide groups is 1. The Morgan fingerprint density at radius 2 is 1.64 bits per heavy atom. The van der Waals surface area contributed by atoms with Crippen LogP contribution in [0.5, 0.6) is 11.5 Å². The first kappa shape index (κ1) is 20.0. The summed E-state index contributed by atoms with van der Waals surface area (Å²) in [5, 5.41) is 4.10. The molecule has 0 unspecified atom stereocenters. The third kappa shape index (κ3) is 2.97. The maximum Gasteiger partial charge on any atom is 0.258 e. The van der Waals surface area contributed by atoms with Crippen LogP contribution in [0.4, 0.5) is 5.69 Å². The molecule has 1 aliphatic heterocycles. The molecule has 2 aromatic carbocycles. The summed E-state index contributed by atoms with van der Waals surface area (Å²) in [6.07, 6.45) is 3.13. The highest BCUT2D eigenvalue weighted by Crippen LogP contribution is 2.56. The number of benzene rings is 2. The molecular formula is C25H23N3O5. The Labute approximate surface area is 190 Å². The molecule has 168 valence electrons. The minimum atomic E-state index is -0.153. The molecule has 2 amide bonds. The van der Waals surface area contributed by atoms with Gasteiger partial charge in [-0.25, -0.2) is 0 Å². The van der Waals surface area contributed by atoms with Crippen LogP contribution in [-0.2, 0) is 9.59 Å². The van der Waals surface area contributed by atoms with Gasteiger partial charge in [-0.05, 0) is 67.5 Å². The highest BCUT2D eigenvalue weighted by Gasteiger charge is 2.61. The molecule has 3 fully saturated rings. The predicted molar refractivity (Wildman–Crippen MR) is 119 cm³/mol. The van der Waals surface area contributed by atoms with Gasteiger partial charge in [-0.15, -0.1) is 0 Å². The van der Waals surface area contributed by atoms with Crippen molar-refractivity contribution in [3.8, 4) is 34.3 Å². The Balaban J connectivity index is 1.30. The highest BCUT2D eigenvalue weighted by atomic mass is 16.5. The lowest BCUT2D eigenvalue weighted by Crippen LogP contribution is -2.32. The summed E-state index contributed by atoms with van der Waals surface area (Å²) in [4.78, 5) is 32.2. The second-order valence-electron chi connectivity index (χ2n) is 8.94. The molecule has 1 saturated heterocycles. The summed E-state index contributed by atoms with van der Waals surface area (Å²) in [5.74, 6) is 2.15. The molecule has 6 rings (SSSR count). The van der Waals surface area contributed by atoms with Crippen molar-refractivity contribution in [3.05, 3.63) is 42.5 Å². The second kappa shape index (κ2) is 7.43. The van der Waals surface area contributed by atoms with E-state index in [0.29, 0.717) is 51.9 Å². The van der Waals surface area contributed by atoms with Gasteiger partial charge < -0.3 is 14.0 Å². The lowest BCUT2D eigenvalue weighted by molar-refractivity contribution is -0.123. The summed E-state index contributed by atoms with van der Waals surface area (Å²) in [6.45, 7) is 0. The van der Waals surface area contributed by atoms with E-state index in [1.165, 1.54) is 4.90 Å². The molecule has 8 heteroatoms. The summed E-state index contributed by atoms with van der Waals surface area (Å²) >= 11 is 0. The van der Waals surface area contributed by atoms with E-state index in [2.05, 4.69) is 10.1 Å². The summed E-state index contributed by atoms with van der Waals surface area (Å²) < 4.78 is 16.1. The third-order valence-electron chi connectivity index (χ3n) is 7.35. The first-order valence-electron chi connectivity index (χ1n) is 11.1. The molecule has 2 saturated carbocycles. The fourth-order valence-corrected chi connectivity index (χ4v) is 5.87. The van der Waals surface area contributed by atoms with Crippen molar-refractivity contribution in [2.75, 3.05) is 19.1 Å². The van der Waals surface area contributed by atoms with Crippen LogP contribution in [0, 0.1) is 23.7 Å². The maximum atomic E-state index is 13.2. The number of hydrogen-bond acceptors (Lipinski definition) is 7. The van der Waals surface area contributed by atoms with E-state index in [1.54, 1.807) is 44.6 Å². The van der Waals surface area contributed by atoms with Gasteiger partial charge in [0.15, 0.2) is 11.5 Å². The van der Waals surface area contributed by atoms with Crippen molar-refractivity contribution in [2.45, 2.75) is 19.3 Å². The average Bonchev–Trinajstić information content (AvgIpc) is 3.63. The number of rotatable bonds is 5. The zero-order chi connectivity index (χ0) is 22.7. The van der Waals surface area contributed by atoms with Crippen LogP contribution in [0.2, 0.25) is 0 Å². The van der Waals surface area contributed by atoms with Gasteiger partial charge in [-0.3, -0.25) is 14.5 Å². The molecule has 3 aromatic rings. The number of ether oxygens (including phenoxy) is 2. The third-order valence-corrected chi connectivity index (χ3v) is 7.35. The number of carbonyl (C=O) groups is 2. The number of amides is 2. The van der Waals surface area contributed by atoms with Crippen LogP contribution in [0.15, 0.2) is 47.0 Å². The Kier molecular flexibility index (Phi) is 4.50. The van der Waals surface area contributed by atoms with Crippen molar-refractivity contribution in [2.24, 2.45) is 23.7 Å². The molecule has 33 heavy (non-hydrogen) atoms. The first-order valence-corrected chi connectivity index (χ1v) is 11.1. The standard InChI is InChI=1S/C25H23N3O5/c1-31-18-9-8-15(12-19(18)32-2)22-26-23(33-27-22)16-4-3-5-17(11-16)28-24(29)20-13-6-7-14(10-13)21(20)25(28)30/h3-5,8-9,11-14,20-21H,6-7,10H2,1-2H3/t13-,14+,20-,21-/m0/s1. The van der Waals surface area contributed by atoms with Crippen LogP contribution < -0.4 is 14.4 Å². The number of fused-ring (bicyclic) bond motifs is 5. The SMILES string of the molecule is COc1ccc(-c2noc(-c3cccc(N4C(=O)[C@H]5[C@@H]6CC[C@@H](C6)[C@@H]5C4=O)c3)n2)cc1OC. The van der Waals surface area contributed by atoms with E-state index in [0.717, 1.165) is 19.3 Å². The van der Waals surface area contributed by atoms with Crippen molar-refractivity contribution in [1.82, 2.24) is 10.1 Å². The number of hydrogen-bond donors (Lipinski definition) is 0. The van der Waals surface area contributed by atoms with E-state index in [9.17, 15) is 9.59 Å². The van der Waals surface area contributed by atoms with Gasteiger partial charge in [0.1, 0.15) is 0 Å². The zero-order valence-corrected chi connectivity index (χ0v) is 18.4. The van der Waals surface area contributed by atoms with Crippen LogP contribution in [0.1, 0.15) is 19.3 Å². The zero-order valence-electron chi connectivity index (χ0n) is 18.4. The molecule has 2 aliphatic carbocycles. The van der Waals surface area contributed by atoms with Gasteiger partial charge in [0.25, 0.3) is 5.89 Å². The summed E-state index contributed by atoms with van der Waals surface area (Å²) in [5.41, 5.74) is 1.92. The molecule has 4 atom stereocenters. The first-order chi connectivity index (χ1) is 16.1. The minimum absolute atomic E-state index is 0.0640. The molecule has 0 spiro atoms. The second-order valence-corrected chi connectivity index (χ2v) is 8.94. The number of aromatic nitrogens is 2. The maximum absolute atomic E-state index is 13.2. The number of carbonyl (C=O) groups excluding carboxylic acids is 2. The van der Waals surface area contributed by atoms with Crippen molar-refractivity contribution < 1.29 is 23.6 Å². The lowest BCUT2D eigenvalue weighted by Gasteiger charge is -2.19. The highest BCUT2D eigenvalue weighted by molar-refractivity contribution is 6.22. The molecule has 0 radical (unpaired) electrons. The molecule has 3 aliphatic rings. The van der Waals surface area contributed by atoms with E-state index in [1.807, 2.05) is 12.1 Å². The minimum Gasteiger partial charge on any atom is -0.493 e. The molecule has 2 bridgehead atoms. The lowest BCUT2D eigenvalue weighted by atomic mass is 9.81. The topological polar surface area (TPSA) is 94.8 Å². The fraction of sp³-hybridized carbons (Fsp3) is 0.360. The Bertz CT molecular complexity index is 1240. The number of methoxy groups -OCH3 is 2. The largest absolute Gasteiger partial charge is 0.493 e. The number of anilines is 1. The van der Waals surface area contributed by atoms with E-state index >= 15 is 0 Å². The van der Waals surface area contributed by atoms with Gasteiger partial charge in [0.05, 0.1) is 31.7 Å². The van der Waals surface area contributed by atoms with Crippen molar-refractivity contribution in [3.63, 3.8) is 0 Å². The van der Waals surface area contributed by atoms with E-state index in [4.69, 9.17) is 14.0 Å². The van der Waals surface area contributed by atoms with Gasteiger partial charge in [-0.2, -0.15) is 4.98 Å². The van der Waals surface area contributed by atoms with E-state index in [-0.39, 0.29) is 23.7 Å². The fourth-order valence-electron chi connectivity index (χ4n) is 5.87. The molecule has 2 heterocycles. The van der Waals surface area contributed by atoms with Gasteiger partial charge in [0, 0.05) is 11.1 Å². The average molecular weight is 445 g/mol. The normalized spacial score (nSPS) is 25.6. The van der Waals surface area contributed by atoms with Crippen molar-refractivity contribution >= 4 is 17.5 Å². The predicted octanol–water partition coefficient (Wildman–Crippen LogP) is 3.96. The quantitative estimate of drug-likeness (QED) is 0.549. The Hall–Kier alpha value is -3.68. The van der Waals surface area contributed by atoms with Crippen LogP contribution in [0.25, 0.3) is 22.8 Å². The van der Waals surface area contributed by atoms with Crippen LogP contribution in [0.3, 0.4) is 0 Å². The smallest absolute Gasteiger partial charge is 0.258 e. The van der Waals surface area contributed by atoms with E-state index < -0.39 is 0 Å². The Morgan fingerprint density at radius 1 is 0.909 bits per heavy atom.